The lowest BCUT2D eigenvalue weighted by Crippen LogP contribution is -2.43. The van der Waals surface area contributed by atoms with Gasteiger partial charge in [-0.05, 0) is 31.5 Å². The Balaban J connectivity index is 0.00000121. The minimum absolute atomic E-state index is 0.202. The van der Waals surface area contributed by atoms with E-state index in [2.05, 4.69) is 24.2 Å². The van der Waals surface area contributed by atoms with Crippen LogP contribution in [-0.4, -0.2) is 26.1 Å². The van der Waals surface area contributed by atoms with Crippen LogP contribution in [0.5, 0.6) is 0 Å². The Labute approximate surface area is 106 Å². The fourth-order valence-corrected chi connectivity index (χ4v) is 2.14. The first-order valence-corrected chi connectivity index (χ1v) is 6.72. The van der Waals surface area contributed by atoms with Gasteiger partial charge in [-0.15, -0.1) is 0 Å². The molecule has 0 bridgehead atoms. The average molecular weight is 240 g/mol. The smallest absolute Gasteiger partial charge is 0.123 e. The zero-order chi connectivity index (χ0) is 13.1. The maximum Gasteiger partial charge on any atom is 0.123 e. The quantitative estimate of drug-likeness (QED) is 0.772. The molecule has 1 N–H and O–H groups in total. The van der Waals surface area contributed by atoms with E-state index < -0.39 is 0 Å². The van der Waals surface area contributed by atoms with Crippen LogP contribution in [0.25, 0.3) is 0 Å². The van der Waals surface area contributed by atoms with Crippen molar-refractivity contribution in [2.24, 2.45) is 10.4 Å². The number of aliphatic imine (C=N–C) groups is 1. The van der Waals surface area contributed by atoms with E-state index in [9.17, 15) is 0 Å². The first-order valence-electron chi connectivity index (χ1n) is 6.72. The highest BCUT2D eigenvalue weighted by molar-refractivity contribution is 5.71. The molecule has 0 fully saturated rings. The van der Waals surface area contributed by atoms with Crippen LogP contribution in [0.15, 0.2) is 17.3 Å². The van der Waals surface area contributed by atoms with Crippen molar-refractivity contribution in [2.75, 3.05) is 13.7 Å². The molecule has 1 atom stereocenters. The second-order valence-electron chi connectivity index (χ2n) is 4.04. The molecule has 1 aliphatic heterocycles. The second kappa shape index (κ2) is 9.23. The van der Waals surface area contributed by atoms with Crippen LogP contribution in [0, 0.1) is 5.41 Å². The Bertz CT molecular complexity index is 232. The maximum atomic E-state index is 5.19. The minimum Gasteiger partial charge on any atom is -0.385 e. The van der Waals surface area contributed by atoms with Crippen molar-refractivity contribution in [3.8, 4) is 0 Å². The molecule has 0 aromatic heterocycles. The molecule has 100 valence electrons. The van der Waals surface area contributed by atoms with Crippen LogP contribution in [0.3, 0.4) is 0 Å². The van der Waals surface area contributed by atoms with E-state index in [0.29, 0.717) is 0 Å². The van der Waals surface area contributed by atoms with Crippen LogP contribution in [0.1, 0.15) is 47.0 Å². The van der Waals surface area contributed by atoms with Gasteiger partial charge in [-0.25, -0.2) is 0 Å². The molecule has 0 amide bonds. The number of hydrogen-bond acceptors (Lipinski definition) is 3. The second-order valence-corrected chi connectivity index (χ2v) is 4.04. The number of rotatable bonds is 6. The van der Waals surface area contributed by atoms with Crippen LogP contribution < -0.4 is 5.32 Å². The predicted molar refractivity (Wildman–Crippen MR) is 75.4 cm³/mol. The van der Waals surface area contributed by atoms with E-state index in [1.165, 1.54) is 0 Å². The summed E-state index contributed by atoms with van der Waals surface area (Å²) in [5, 5.41) is 3.34. The summed E-state index contributed by atoms with van der Waals surface area (Å²) in [4.78, 5) is 4.52. The molecule has 0 saturated carbocycles. The summed E-state index contributed by atoms with van der Waals surface area (Å²) in [5.41, 5.74) is 0.220. The van der Waals surface area contributed by atoms with Gasteiger partial charge in [0, 0.05) is 25.3 Å². The van der Waals surface area contributed by atoms with Crippen molar-refractivity contribution in [1.82, 2.24) is 5.32 Å². The number of nitrogens with one attached hydrogen (secondary N) is 1. The summed E-state index contributed by atoms with van der Waals surface area (Å²) in [6.45, 7) is 9.27. The Morgan fingerprint density at radius 1 is 1.29 bits per heavy atom. The van der Waals surface area contributed by atoms with E-state index >= 15 is 0 Å². The summed E-state index contributed by atoms with van der Waals surface area (Å²) in [5.74, 6) is 0. The number of nitrogens with zero attached hydrogens (tertiary/aromatic N) is 1. The molecule has 1 aliphatic rings. The molecule has 1 unspecified atom stereocenters. The first kappa shape index (κ1) is 16.2. The molecule has 0 aromatic rings. The molecular weight excluding hydrogens is 212 g/mol. The number of allylic oxidation sites excluding steroid dienone is 1. The monoisotopic (exact) mass is 240 g/mol. The van der Waals surface area contributed by atoms with Gasteiger partial charge in [0.1, 0.15) is 6.17 Å². The van der Waals surface area contributed by atoms with E-state index in [1.807, 2.05) is 32.3 Å². The van der Waals surface area contributed by atoms with Crippen molar-refractivity contribution in [2.45, 2.75) is 53.1 Å². The maximum absolute atomic E-state index is 5.19. The van der Waals surface area contributed by atoms with Crippen LogP contribution >= 0.6 is 0 Å². The fourth-order valence-electron chi connectivity index (χ4n) is 2.14. The number of methoxy groups -OCH3 is 1. The molecule has 1 rings (SSSR count). The summed E-state index contributed by atoms with van der Waals surface area (Å²) in [6.07, 6.45) is 9.29. The van der Waals surface area contributed by atoms with E-state index in [-0.39, 0.29) is 11.6 Å². The molecule has 0 spiro atoms. The zero-order valence-corrected chi connectivity index (χ0v) is 12.0. The Kier molecular flexibility index (Phi) is 8.78. The Morgan fingerprint density at radius 3 is 2.35 bits per heavy atom. The Hall–Kier alpha value is -0.830. The predicted octanol–water partition coefficient (Wildman–Crippen LogP) is 3.37. The minimum atomic E-state index is 0.202. The summed E-state index contributed by atoms with van der Waals surface area (Å²) in [6, 6.07) is 0. The summed E-state index contributed by atoms with van der Waals surface area (Å²) < 4.78 is 5.19. The van der Waals surface area contributed by atoms with Gasteiger partial charge < -0.3 is 10.1 Å². The van der Waals surface area contributed by atoms with E-state index in [1.54, 1.807) is 7.11 Å². The van der Waals surface area contributed by atoms with Crippen LogP contribution in [0.4, 0.5) is 0 Å². The molecular formula is C14H28N2O. The molecule has 0 aromatic carbocycles. The molecule has 0 radical (unpaired) electrons. The zero-order valence-electron chi connectivity index (χ0n) is 12.0. The van der Waals surface area contributed by atoms with Crippen molar-refractivity contribution in [3.05, 3.63) is 12.3 Å². The third kappa shape index (κ3) is 4.50. The molecule has 0 saturated heterocycles. The third-order valence-corrected chi connectivity index (χ3v) is 3.46. The number of ether oxygens (including phenoxy) is 1. The SMILES string of the molecule is CC.CCC(CC)(CCOC)C1N=CC=CN1. The van der Waals surface area contributed by atoms with Crippen LogP contribution in [0.2, 0.25) is 0 Å². The fraction of sp³-hybridized carbons (Fsp3) is 0.786. The number of hydrogen-bond donors (Lipinski definition) is 1. The van der Waals surface area contributed by atoms with Gasteiger partial charge in [0.15, 0.2) is 0 Å². The molecule has 3 heteroatoms. The molecule has 1 heterocycles. The van der Waals surface area contributed by atoms with Crippen molar-refractivity contribution in [1.29, 1.82) is 0 Å². The summed E-state index contributed by atoms with van der Waals surface area (Å²) >= 11 is 0. The van der Waals surface area contributed by atoms with Gasteiger partial charge in [0.05, 0.1) is 0 Å². The largest absolute Gasteiger partial charge is 0.385 e. The van der Waals surface area contributed by atoms with Gasteiger partial charge in [-0.2, -0.15) is 0 Å². The highest BCUT2D eigenvalue weighted by atomic mass is 16.5. The standard InChI is InChI=1S/C12H22N2O.C2H6/c1-4-12(5-2,7-10-15-3)11-13-8-6-9-14-11;1-2/h6,8-9,11,13H,4-5,7,10H2,1-3H3;1-2H3. The van der Waals surface area contributed by atoms with Gasteiger partial charge in [-0.3, -0.25) is 4.99 Å². The van der Waals surface area contributed by atoms with E-state index in [0.717, 1.165) is 25.9 Å². The lowest BCUT2D eigenvalue weighted by molar-refractivity contribution is 0.100. The highest BCUT2D eigenvalue weighted by Gasteiger charge is 2.34. The van der Waals surface area contributed by atoms with E-state index in [4.69, 9.17) is 4.74 Å². The lowest BCUT2D eigenvalue weighted by atomic mass is 9.76. The average Bonchev–Trinajstić information content (AvgIpc) is 2.44. The van der Waals surface area contributed by atoms with Gasteiger partial charge in [0.25, 0.3) is 0 Å². The van der Waals surface area contributed by atoms with Crippen molar-refractivity contribution in [3.63, 3.8) is 0 Å². The summed E-state index contributed by atoms with van der Waals surface area (Å²) in [7, 11) is 1.76. The van der Waals surface area contributed by atoms with Gasteiger partial charge in [-0.1, -0.05) is 27.7 Å². The normalized spacial score (nSPS) is 18.3. The highest BCUT2D eigenvalue weighted by Crippen LogP contribution is 2.35. The lowest BCUT2D eigenvalue weighted by Gasteiger charge is -2.38. The topological polar surface area (TPSA) is 33.6 Å². The Morgan fingerprint density at radius 2 is 1.94 bits per heavy atom. The third-order valence-electron chi connectivity index (χ3n) is 3.46. The molecule has 17 heavy (non-hydrogen) atoms. The van der Waals surface area contributed by atoms with Crippen LogP contribution in [-0.2, 0) is 4.74 Å². The molecule has 3 nitrogen and oxygen atoms in total. The van der Waals surface area contributed by atoms with Gasteiger partial charge >= 0.3 is 0 Å². The first-order chi connectivity index (χ1) is 8.29. The van der Waals surface area contributed by atoms with Gasteiger partial charge in [0.2, 0.25) is 0 Å². The van der Waals surface area contributed by atoms with Crippen molar-refractivity contribution >= 4 is 6.21 Å². The molecule has 0 aliphatic carbocycles. The van der Waals surface area contributed by atoms with Crippen molar-refractivity contribution < 1.29 is 4.74 Å².